The Bertz CT molecular complexity index is 1450. The molecule has 0 bridgehead atoms. The number of carbonyl (C=O) groups excluding carboxylic acids is 2. The molecule has 0 radical (unpaired) electrons. The fourth-order valence-electron chi connectivity index (χ4n) is 4.10. The Balaban J connectivity index is 1.81. The van der Waals surface area contributed by atoms with Crippen molar-refractivity contribution < 1.29 is 19.1 Å². The topological polar surface area (TPSA) is 81.9 Å². The van der Waals surface area contributed by atoms with Crippen LogP contribution in [-0.4, -0.2) is 23.0 Å². The number of hydrogen-bond donors (Lipinski definition) is 1. The molecule has 0 aliphatic carbocycles. The van der Waals surface area contributed by atoms with E-state index in [1.165, 1.54) is 18.3 Å². The third-order valence-electron chi connectivity index (χ3n) is 5.93. The van der Waals surface area contributed by atoms with Crippen LogP contribution in [0, 0.1) is 0 Å². The van der Waals surface area contributed by atoms with E-state index in [0.717, 1.165) is 35.9 Å². The quantitative estimate of drug-likeness (QED) is 0.212. The van der Waals surface area contributed by atoms with Gasteiger partial charge in [0.25, 0.3) is 5.91 Å². The lowest BCUT2D eigenvalue weighted by Crippen LogP contribution is -2.24. The number of benzene rings is 3. The average Bonchev–Trinajstić information content (AvgIpc) is 3.25. The van der Waals surface area contributed by atoms with Crippen molar-refractivity contribution in [2.45, 2.75) is 52.7 Å². The summed E-state index contributed by atoms with van der Waals surface area (Å²) < 4.78 is 15.1. The number of carbonyl (C=O) groups is 2. The van der Waals surface area contributed by atoms with Crippen molar-refractivity contribution in [1.82, 2.24) is 4.57 Å². The minimum Gasteiger partial charge on any atom is -0.491 e. The van der Waals surface area contributed by atoms with Gasteiger partial charge in [0.2, 0.25) is 5.91 Å². The molecule has 0 saturated carbocycles. The molecule has 1 atom stereocenters. The minimum atomic E-state index is -0.475. The molecule has 0 fully saturated rings. The molecule has 0 spiro atoms. The van der Waals surface area contributed by atoms with Gasteiger partial charge in [-0.15, -0.1) is 0 Å². The zero-order chi connectivity index (χ0) is 26.9. The molecule has 1 N–H and O–H groups in total. The number of rotatable bonds is 11. The number of ether oxygens (including phenoxy) is 2. The van der Waals surface area contributed by atoms with Gasteiger partial charge in [0.15, 0.2) is 11.0 Å². The van der Waals surface area contributed by atoms with Crippen LogP contribution in [0.2, 0.25) is 0 Å². The number of fused-ring (bicyclic) bond motifs is 1. The molecule has 1 aromatic heterocycles. The second-order valence-corrected chi connectivity index (χ2v) is 9.98. The number of thiazole rings is 1. The average molecular weight is 532 g/mol. The van der Waals surface area contributed by atoms with Crippen molar-refractivity contribution in [2.75, 3.05) is 11.9 Å². The van der Waals surface area contributed by atoms with Gasteiger partial charge < -0.3 is 14.8 Å². The summed E-state index contributed by atoms with van der Waals surface area (Å²) >= 11 is 1.36. The third kappa shape index (κ3) is 6.89. The molecule has 1 heterocycles. The summed E-state index contributed by atoms with van der Waals surface area (Å²) in [6.45, 7) is 6.10. The standard InChI is InChI=1S/C30H33N3O4S/c1-4-5-6-13-18-36-27-20-26-28(19-25(27)31-21(2)34)38-30(32-29(35)23-14-9-7-10-15-23)33(26)22(3)37-24-16-11-8-12-17-24/h7-12,14-17,19-20,22H,4-6,13,18H2,1-3H3,(H,31,34). The molecule has 8 heteroatoms. The van der Waals surface area contributed by atoms with Gasteiger partial charge in [-0.1, -0.05) is 73.9 Å². The van der Waals surface area contributed by atoms with Crippen molar-refractivity contribution in [3.8, 4) is 11.5 Å². The molecule has 0 saturated heterocycles. The van der Waals surface area contributed by atoms with Gasteiger partial charge in [-0.25, -0.2) is 0 Å². The van der Waals surface area contributed by atoms with Gasteiger partial charge in [0.1, 0.15) is 11.5 Å². The van der Waals surface area contributed by atoms with Crippen LogP contribution >= 0.6 is 11.3 Å². The monoisotopic (exact) mass is 531 g/mol. The van der Waals surface area contributed by atoms with Crippen molar-refractivity contribution >= 4 is 39.1 Å². The fourth-order valence-corrected chi connectivity index (χ4v) is 5.21. The fraction of sp³-hybridized carbons (Fsp3) is 0.300. The van der Waals surface area contributed by atoms with E-state index >= 15 is 0 Å². The number of anilines is 1. The van der Waals surface area contributed by atoms with Crippen LogP contribution in [0.25, 0.3) is 10.2 Å². The van der Waals surface area contributed by atoms with Gasteiger partial charge in [-0.05, 0) is 43.7 Å². The van der Waals surface area contributed by atoms with Gasteiger partial charge >= 0.3 is 0 Å². The number of para-hydroxylation sites is 1. The van der Waals surface area contributed by atoms with Gasteiger partial charge in [-0.2, -0.15) is 4.99 Å². The summed E-state index contributed by atoms with van der Waals surface area (Å²) in [5.74, 6) is 0.750. The second kappa shape index (κ2) is 13.1. The zero-order valence-electron chi connectivity index (χ0n) is 22.0. The van der Waals surface area contributed by atoms with E-state index in [4.69, 9.17) is 9.47 Å². The van der Waals surface area contributed by atoms with Crippen LogP contribution in [0.3, 0.4) is 0 Å². The Morgan fingerprint density at radius 2 is 1.71 bits per heavy atom. The van der Waals surface area contributed by atoms with Gasteiger partial charge in [-0.3, -0.25) is 14.2 Å². The maximum absolute atomic E-state index is 13.0. The third-order valence-corrected chi connectivity index (χ3v) is 6.94. The molecule has 0 aliphatic rings. The summed E-state index contributed by atoms with van der Waals surface area (Å²) in [5.41, 5.74) is 1.89. The molecule has 4 rings (SSSR count). The van der Waals surface area contributed by atoms with Crippen LogP contribution in [0.5, 0.6) is 11.5 Å². The highest BCUT2D eigenvalue weighted by Gasteiger charge is 2.19. The van der Waals surface area contributed by atoms with Crippen LogP contribution in [0.1, 0.15) is 63.0 Å². The Hall–Kier alpha value is -3.91. The normalized spacial score (nSPS) is 12.3. The molecular formula is C30H33N3O4S. The summed E-state index contributed by atoms with van der Waals surface area (Å²) in [4.78, 5) is 30.0. The highest BCUT2D eigenvalue weighted by molar-refractivity contribution is 7.16. The first kappa shape index (κ1) is 27.1. The molecule has 7 nitrogen and oxygen atoms in total. The smallest absolute Gasteiger partial charge is 0.279 e. The predicted molar refractivity (Wildman–Crippen MR) is 152 cm³/mol. The van der Waals surface area contributed by atoms with E-state index in [-0.39, 0.29) is 11.8 Å². The van der Waals surface area contributed by atoms with E-state index < -0.39 is 6.23 Å². The molecular weight excluding hydrogens is 498 g/mol. The Kier molecular flexibility index (Phi) is 9.32. The maximum atomic E-state index is 13.0. The number of aromatic nitrogens is 1. The number of hydrogen-bond acceptors (Lipinski definition) is 5. The SMILES string of the molecule is CCCCCCOc1cc2c(cc1NC(C)=O)sc(=NC(=O)c1ccccc1)n2C(C)Oc1ccccc1. The number of amides is 2. The molecule has 3 aromatic carbocycles. The van der Waals surface area contributed by atoms with Crippen molar-refractivity contribution in [3.63, 3.8) is 0 Å². The Labute approximate surface area is 226 Å². The van der Waals surface area contributed by atoms with Crippen molar-refractivity contribution in [3.05, 3.63) is 83.2 Å². The largest absolute Gasteiger partial charge is 0.491 e. The van der Waals surface area contributed by atoms with E-state index in [1.807, 2.05) is 72.2 Å². The summed E-state index contributed by atoms with van der Waals surface area (Å²) in [6, 6.07) is 22.3. The lowest BCUT2D eigenvalue weighted by molar-refractivity contribution is -0.114. The summed E-state index contributed by atoms with van der Waals surface area (Å²) in [7, 11) is 0. The zero-order valence-corrected chi connectivity index (χ0v) is 22.8. The highest BCUT2D eigenvalue weighted by atomic mass is 32.1. The van der Waals surface area contributed by atoms with Gasteiger partial charge in [0, 0.05) is 18.6 Å². The summed E-state index contributed by atoms with van der Waals surface area (Å²) in [5, 5.41) is 2.89. The molecule has 4 aromatic rings. The first-order valence-corrected chi connectivity index (χ1v) is 13.7. The highest BCUT2D eigenvalue weighted by Crippen LogP contribution is 2.34. The lowest BCUT2D eigenvalue weighted by atomic mass is 10.2. The lowest BCUT2D eigenvalue weighted by Gasteiger charge is -2.18. The number of nitrogens with one attached hydrogen (secondary N) is 1. The van der Waals surface area contributed by atoms with Crippen molar-refractivity contribution in [2.24, 2.45) is 4.99 Å². The predicted octanol–water partition coefficient (Wildman–Crippen LogP) is 6.96. The first-order chi connectivity index (χ1) is 18.5. The molecule has 1 unspecified atom stereocenters. The van der Waals surface area contributed by atoms with E-state index in [9.17, 15) is 9.59 Å². The number of unbranched alkanes of at least 4 members (excludes halogenated alkanes) is 3. The van der Waals surface area contributed by atoms with E-state index in [0.29, 0.717) is 34.2 Å². The molecule has 2 amide bonds. The van der Waals surface area contributed by atoms with Crippen LogP contribution in [0.4, 0.5) is 5.69 Å². The maximum Gasteiger partial charge on any atom is 0.279 e. The van der Waals surface area contributed by atoms with Gasteiger partial charge in [0.05, 0.1) is 22.5 Å². The first-order valence-electron chi connectivity index (χ1n) is 12.9. The van der Waals surface area contributed by atoms with E-state index in [2.05, 4.69) is 17.2 Å². The molecule has 198 valence electrons. The van der Waals surface area contributed by atoms with Crippen LogP contribution in [-0.2, 0) is 4.79 Å². The van der Waals surface area contributed by atoms with Crippen molar-refractivity contribution in [1.29, 1.82) is 0 Å². The summed E-state index contributed by atoms with van der Waals surface area (Å²) in [6.07, 6.45) is 3.83. The van der Waals surface area contributed by atoms with Crippen LogP contribution < -0.4 is 19.6 Å². The Morgan fingerprint density at radius 1 is 1.00 bits per heavy atom. The molecule has 0 aliphatic heterocycles. The van der Waals surface area contributed by atoms with Crippen LogP contribution in [0.15, 0.2) is 77.8 Å². The number of nitrogens with zero attached hydrogens (tertiary/aromatic N) is 2. The second-order valence-electron chi connectivity index (χ2n) is 8.97. The minimum absolute atomic E-state index is 0.186. The molecule has 38 heavy (non-hydrogen) atoms. The van der Waals surface area contributed by atoms with E-state index in [1.54, 1.807) is 12.1 Å². The Morgan fingerprint density at radius 3 is 2.39 bits per heavy atom.